The molecule has 4 rings (SSSR count). The van der Waals surface area contributed by atoms with E-state index in [0.29, 0.717) is 17.1 Å². The van der Waals surface area contributed by atoms with Gasteiger partial charge < -0.3 is 29.2 Å². The van der Waals surface area contributed by atoms with Crippen molar-refractivity contribution >= 4 is 39.1 Å². The molecule has 0 aliphatic heterocycles. The van der Waals surface area contributed by atoms with Gasteiger partial charge in [-0.05, 0) is 67.8 Å². The van der Waals surface area contributed by atoms with Crippen LogP contribution in [0.4, 0.5) is 5.69 Å². The van der Waals surface area contributed by atoms with Gasteiger partial charge in [-0.1, -0.05) is 36.6 Å². The number of methoxy groups -OCH3 is 4. The number of nitrogens with zero attached hydrogens (tertiary/aromatic N) is 2. The number of rotatable bonds is 14. The minimum Gasteiger partial charge on any atom is -0.497 e. The number of carbonyl (C=O) groups excluding carboxylic acids is 2. The number of sulfonamides is 1. The monoisotopic (exact) mass is 673 g/mol. The fourth-order valence-electron chi connectivity index (χ4n) is 5.42. The number of amides is 2. The smallest absolute Gasteiger partial charge is 0.265 e. The van der Waals surface area contributed by atoms with Crippen LogP contribution in [0.5, 0.6) is 23.0 Å². The number of hydrogen-bond donors (Lipinski definition) is 1. The van der Waals surface area contributed by atoms with Crippen molar-refractivity contribution in [3.05, 3.63) is 71.2 Å². The average Bonchev–Trinajstić information content (AvgIpc) is 3.58. The molecule has 1 saturated carbocycles. The van der Waals surface area contributed by atoms with Gasteiger partial charge in [-0.15, -0.1) is 0 Å². The SMILES string of the molecule is COc1cccc(CN(C(=O)CN(c2cc(Cl)ccc2OC)S(=O)(=O)c2ccc(OC)c(OC)c2)C(C)C(=O)NC2CCCC2)c1. The first kappa shape index (κ1) is 34.7. The molecule has 0 heterocycles. The normalized spacial score (nSPS) is 13.9. The maximum absolute atomic E-state index is 14.4. The highest BCUT2D eigenvalue weighted by molar-refractivity contribution is 7.92. The molecule has 46 heavy (non-hydrogen) atoms. The summed E-state index contributed by atoms with van der Waals surface area (Å²) in [5, 5.41) is 3.29. The van der Waals surface area contributed by atoms with E-state index >= 15 is 0 Å². The number of hydrogen-bond acceptors (Lipinski definition) is 8. The molecule has 3 aromatic carbocycles. The van der Waals surface area contributed by atoms with Crippen LogP contribution in [0.1, 0.15) is 38.2 Å². The van der Waals surface area contributed by atoms with Crippen molar-refractivity contribution in [2.24, 2.45) is 0 Å². The van der Waals surface area contributed by atoms with E-state index in [1.807, 2.05) is 6.07 Å². The lowest BCUT2D eigenvalue weighted by molar-refractivity contribution is -0.139. The van der Waals surface area contributed by atoms with Crippen LogP contribution < -0.4 is 28.6 Å². The molecule has 0 saturated heterocycles. The third-order valence-electron chi connectivity index (χ3n) is 7.99. The molecule has 1 fully saturated rings. The van der Waals surface area contributed by atoms with Crippen molar-refractivity contribution in [2.75, 3.05) is 39.3 Å². The molecule has 1 atom stereocenters. The third-order valence-corrected chi connectivity index (χ3v) is 9.98. The number of anilines is 1. The lowest BCUT2D eigenvalue weighted by atomic mass is 10.1. The Hall–Kier alpha value is -4.16. The van der Waals surface area contributed by atoms with Gasteiger partial charge in [0.2, 0.25) is 11.8 Å². The van der Waals surface area contributed by atoms with E-state index in [1.165, 1.54) is 63.7 Å². The molecular formula is C33H40ClN3O8S. The second-order valence-electron chi connectivity index (χ2n) is 10.9. The highest BCUT2D eigenvalue weighted by Crippen LogP contribution is 2.37. The molecule has 248 valence electrons. The lowest BCUT2D eigenvalue weighted by Crippen LogP contribution is -2.52. The summed E-state index contributed by atoms with van der Waals surface area (Å²) < 4.78 is 51.2. The van der Waals surface area contributed by atoms with Crippen LogP contribution in [0.3, 0.4) is 0 Å². The Morgan fingerprint density at radius 3 is 2.22 bits per heavy atom. The Balaban J connectivity index is 1.78. The topological polar surface area (TPSA) is 124 Å². The molecule has 3 aromatic rings. The van der Waals surface area contributed by atoms with Gasteiger partial charge in [0.1, 0.15) is 24.1 Å². The fraction of sp³-hybridized carbons (Fsp3) is 0.394. The first-order valence-corrected chi connectivity index (χ1v) is 16.6. The summed E-state index contributed by atoms with van der Waals surface area (Å²) in [5.41, 5.74) is 0.741. The van der Waals surface area contributed by atoms with Crippen LogP contribution in [0.15, 0.2) is 65.6 Å². The molecule has 0 aromatic heterocycles. The molecule has 1 N–H and O–H groups in total. The molecule has 0 radical (unpaired) electrons. The predicted molar refractivity (Wildman–Crippen MR) is 175 cm³/mol. The Bertz CT molecular complexity index is 1650. The molecule has 13 heteroatoms. The summed E-state index contributed by atoms with van der Waals surface area (Å²) in [5.74, 6) is 0.323. The van der Waals surface area contributed by atoms with Gasteiger partial charge in [0.25, 0.3) is 10.0 Å². The van der Waals surface area contributed by atoms with Gasteiger partial charge in [-0.3, -0.25) is 13.9 Å². The van der Waals surface area contributed by atoms with Gasteiger partial charge in [0, 0.05) is 23.7 Å². The second-order valence-corrected chi connectivity index (χ2v) is 13.2. The molecule has 1 unspecified atom stereocenters. The van der Waals surface area contributed by atoms with Crippen molar-refractivity contribution in [3.8, 4) is 23.0 Å². The Morgan fingerprint density at radius 1 is 0.891 bits per heavy atom. The third kappa shape index (κ3) is 7.97. The first-order valence-electron chi connectivity index (χ1n) is 14.8. The summed E-state index contributed by atoms with van der Waals surface area (Å²) in [7, 11) is 1.31. The molecule has 0 bridgehead atoms. The van der Waals surface area contributed by atoms with Gasteiger partial charge in [-0.2, -0.15) is 0 Å². The van der Waals surface area contributed by atoms with E-state index in [9.17, 15) is 18.0 Å². The first-order chi connectivity index (χ1) is 22.0. The van der Waals surface area contributed by atoms with Crippen LogP contribution in [-0.4, -0.2) is 72.2 Å². The van der Waals surface area contributed by atoms with E-state index in [4.69, 9.17) is 30.5 Å². The van der Waals surface area contributed by atoms with Gasteiger partial charge in [0.15, 0.2) is 11.5 Å². The largest absolute Gasteiger partial charge is 0.497 e. The van der Waals surface area contributed by atoms with E-state index in [1.54, 1.807) is 31.2 Å². The average molecular weight is 674 g/mol. The van der Waals surface area contributed by atoms with E-state index in [-0.39, 0.29) is 45.6 Å². The Kier molecular flexibility index (Phi) is 11.6. The van der Waals surface area contributed by atoms with Crippen LogP contribution in [0, 0.1) is 0 Å². The molecule has 1 aliphatic rings. The minimum atomic E-state index is -4.45. The van der Waals surface area contributed by atoms with Gasteiger partial charge in [-0.25, -0.2) is 8.42 Å². The highest BCUT2D eigenvalue weighted by Gasteiger charge is 2.35. The van der Waals surface area contributed by atoms with Crippen molar-refractivity contribution in [2.45, 2.75) is 56.1 Å². The number of ether oxygens (including phenoxy) is 4. The summed E-state index contributed by atoms with van der Waals surface area (Å²) in [6, 6.07) is 14.8. The van der Waals surface area contributed by atoms with Crippen LogP contribution in [0.2, 0.25) is 5.02 Å². The molecular weight excluding hydrogens is 634 g/mol. The van der Waals surface area contributed by atoms with E-state index in [2.05, 4.69) is 5.32 Å². The van der Waals surface area contributed by atoms with Crippen molar-refractivity contribution < 1.29 is 37.0 Å². The van der Waals surface area contributed by atoms with E-state index in [0.717, 1.165) is 30.0 Å². The number of carbonyl (C=O) groups is 2. The Morgan fingerprint density at radius 2 is 1.57 bits per heavy atom. The van der Waals surface area contributed by atoms with Crippen LogP contribution >= 0.6 is 11.6 Å². The minimum absolute atomic E-state index is 0.0201. The fourth-order valence-corrected chi connectivity index (χ4v) is 7.02. The lowest BCUT2D eigenvalue weighted by Gasteiger charge is -2.33. The molecule has 11 nitrogen and oxygen atoms in total. The van der Waals surface area contributed by atoms with Crippen LogP contribution in [-0.2, 0) is 26.2 Å². The van der Waals surface area contributed by atoms with Crippen LogP contribution in [0.25, 0.3) is 0 Å². The summed E-state index contributed by atoms with van der Waals surface area (Å²) >= 11 is 6.34. The van der Waals surface area contributed by atoms with Crippen molar-refractivity contribution in [1.29, 1.82) is 0 Å². The van der Waals surface area contributed by atoms with Gasteiger partial charge >= 0.3 is 0 Å². The Labute approximate surface area is 275 Å². The summed E-state index contributed by atoms with van der Waals surface area (Å²) in [4.78, 5) is 29.0. The van der Waals surface area contributed by atoms with Gasteiger partial charge in [0.05, 0.1) is 39.0 Å². The number of halogens is 1. The highest BCUT2D eigenvalue weighted by atomic mass is 35.5. The molecule has 2 amide bonds. The second kappa shape index (κ2) is 15.4. The zero-order valence-corrected chi connectivity index (χ0v) is 28.2. The zero-order valence-electron chi connectivity index (χ0n) is 26.6. The standard InChI is InChI=1S/C33H40ClN3O8S/c1-22(33(39)35-25-10-6-7-11-25)36(20-23-9-8-12-26(17-23)42-2)32(38)21-37(28-18-24(34)13-15-29(28)43-3)46(40,41)27-14-16-30(44-4)31(19-27)45-5/h8-9,12-19,22,25H,6-7,10-11,20-21H2,1-5H3,(H,35,39). The maximum atomic E-state index is 14.4. The van der Waals surface area contributed by atoms with E-state index < -0.39 is 28.5 Å². The van der Waals surface area contributed by atoms with Crippen molar-refractivity contribution in [3.63, 3.8) is 0 Å². The summed E-state index contributed by atoms with van der Waals surface area (Å²) in [6.45, 7) is 0.986. The van der Waals surface area contributed by atoms with Crippen molar-refractivity contribution in [1.82, 2.24) is 10.2 Å². The number of benzene rings is 3. The molecule has 0 spiro atoms. The zero-order chi connectivity index (χ0) is 33.4. The number of nitrogens with one attached hydrogen (secondary N) is 1. The summed E-state index contributed by atoms with van der Waals surface area (Å²) in [6.07, 6.45) is 3.79. The predicted octanol–water partition coefficient (Wildman–Crippen LogP) is 5.05. The quantitative estimate of drug-likeness (QED) is 0.252. The maximum Gasteiger partial charge on any atom is 0.265 e. The molecule has 1 aliphatic carbocycles.